The minimum atomic E-state index is -0.483. The molecule has 2 aromatic heterocycles. The van der Waals surface area contributed by atoms with Crippen molar-refractivity contribution in [3.63, 3.8) is 0 Å². The van der Waals surface area contributed by atoms with E-state index in [1.54, 1.807) is 36.7 Å². The molecule has 1 aromatic carbocycles. The van der Waals surface area contributed by atoms with E-state index in [1.165, 1.54) is 10.6 Å². The van der Waals surface area contributed by atoms with E-state index in [2.05, 4.69) is 10.3 Å². The number of rotatable bonds is 4. The normalized spacial score (nSPS) is 10.5. The number of carbonyl (C=O) groups excluding carboxylic acids is 1. The minimum absolute atomic E-state index is 0.0628. The SMILES string of the molecule is Cc1ccnc(NC(=O)c2cccn(Cc3cccc(Cl)c3)c2=O)c1. The van der Waals surface area contributed by atoms with Gasteiger partial charge < -0.3 is 9.88 Å². The number of carbonyl (C=O) groups is 1. The summed E-state index contributed by atoms with van der Waals surface area (Å²) in [6, 6.07) is 14.0. The molecule has 1 N–H and O–H groups in total. The summed E-state index contributed by atoms with van der Waals surface area (Å²) in [4.78, 5) is 29.1. The molecule has 0 saturated heterocycles. The van der Waals surface area contributed by atoms with Gasteiger partial charge in [0.15, 0.2) is 0 Å². The number of nitrogens with zero attached hydrogens (tertiary/aromatic N) is 2. The summed E-state index contributed by atoms with van der Waals surface area (Å²) < 4.78 is 1.48. The molecule has 0 radical (unpaired) electrons. The maximum absolute atomic E-state index is 12.6. The highest BCUT2D eigenvalue weighted by atomic mass is 35.5. The van der Waals surface area contributed by atoms with Crippen molar-refractivity contribution in [2.75, 3.05) is 5.32 Å². The standard InChI is InChI=1S/C19H16ClN3O2/c1-13-7-8-21-17(10-13)22-18(24)16-6-3-9-23(19(16)25)12-14-4-2-5-15(20)11-14/h2-11H,12H2,1H3,(H,21,22,24). The van der Waals surface area contributed by atoms with E-state index in [4.69, 9.17) is 11.6 Å². The summed E-state index contributed by atoms with van der Waals surface area (Å²) in [5.74, 6) is -0.0711. The van der Waals surface area contributed by atoms with Gasteiger partial charge in [-0.25, -0.2) is 4.98 Å². The first kappa shape index (κ1) is 16.9. The first-order valence-electron chi connectivity index (χ1n) is 7.71. The predicted octanol–water partition coefficient (Wildman–Crippen LogP) is 3.51. The Balaban J connectivity index is 1.85. The average Bonchev–Trinajstić information content (AvgIpc) is 2.57. The number of anilines is 1. The van der Waals surface area contributed by atoms with Crippen molar-refractivity contribution in [2.45, 2.75) is 13.5 Å². The number of hydrogen-bond acceptors (Lipinski definition) is 3. The van der Waals surface area contributed by atoms with Crippen molar-refractivity contribution >= 4 is 23.3 Å². The zero-order chi connectivity index (χ0) is 17.8. The molecule has 5 nitrogen and oxygen atoms in total. The first-order valence-corrected chi connectivity index (χ1v) is 8.08. The molecule has 0 aliphatic rings. The molecule has 3 aromatic rings. The third-order valence-corrected chi connectivity index (χ3v) is 3.90. The number of aryl methyl sites for hydroxylation is 1. The molecule has 0 spiro atoms. The van der Waals surface area contributed by atoms with Crippen LogP contribution in [0.5, 0.6) is 0 Å². The number of aromatic nitrogens is 2. The van der Waals surface area contributed by atoms with E-state index in [1.807, 2.05) is 25.1 Å². The monoisotopic (exact) mass is 353 g/mol. The summed E-state index contributed by atoms with van der Waals surface area (Å²) in [6.07, 6.45) is 3.25. The van der Waals surface area contributed by atoms with Gasteiger partial charge in [-0.05, 0) is 54.4 Å². The van der Waals surface area contributed by atoms with E-state index in [0.29, 0.717) is 17.4 Å². The molecular weight excluding hydrogens is 338 g/mol. The van der Waals surface area contributed by atoms with Gasteiger partial charge in [0.2, 0.25) is 0 Å². The van der Waals surface area contributed by atoms with E-state index < -0.39 is 5.91 Å². The lowest BCUT2D eigenvalue weighted by Crippen LogP contribution is -2.29. The van der Waals surface area contributed by atoms with Crippen LogP contribution in [0.15, 0.2) is 65.7 Å². The summed E-state index contributed by atoms with van der Waals surface area (Å²) in [6.45, 7) is 2.24. The second kappa shape index (κ2) is 7.32. The quantitative estimate of drug-likeness (QED) is 0.780. The van der Waals surface area contributed by atoms with Crippen LogP contribution in [0.2, 0.25) is 5.02 Å². The second-order valence-electron chi connectivity index (χ2n) is 5.66. The van der Waals surface area contributed by atoms with Gasteiger partial charge in [-0.3, -0.25) is 9.59 Å². The third-order valence-electron chi connectivity index (χ3n) is 3.66. The number of pyridine rings is 2. The van der Waals surface area contributed by atoms with Crippen LogP contribution in [0.3, 0.4) is 0 Å². The van der Waals surface area contributed by atoms with Crippen molar-refractivity contribution in [1.29, 1.82) is 0 Å². The Labute approximate surface area is 149 Å². The molecule has 6 heteroatoms. The van der Waals surface area contributed by atoms with Crippen LogP contribution < -0.4 is 10.9 Å². The predicted molar refractivity (Wildman–Crippen MR) is 98.2 cm³/mol. The van der Waals surface area contributed by atoms with Crippen molar-refractivity contribution in [3.05, 3.63) is 93.0 Å². The summed E-state index contributed by atoms with van der Waals surface area (Å²) in [5.41, 5.74) is 1.55. The van der Waals surface area contributed by atoms with Gasteiger partial charge in [0, 0.05) is 17.4 Å². The zero-order valence-corrected chi connectivity index (χ0v) is 14.3. The largest absolute Gasteiger partial charge is 0.310 e. The fourth-order valence-corrected chi connectivity index (χ4v) is 2.67. The highest BCUT2D eigenvalue weighted by Gasteiger charge is 2.13. The maximum atomic E-state index is 12.6. The first-order chi connectivity index (χ1) is 12.0. The van der Waals surface area contributed by atoms with Gasteiger partial charge in [0.1, 0.15) is 11.4 Å². The zero-order valence-electron chi connectivity index (χ0n) is 13.6. The number of nitrogens with one attached hydrogen (secondary N) is 1. The molecule has 0 aliphatic heterocycles. The van der Waals surface area contributed by atoms with Gasteiger partial charge in [0.05, 0.1) is 6.54 Å². The van der Waals surface area contributed by atoms with Gasteiger partial charge in [-0.15, -0.1) is 0 Å². The molecule has 3 rings (SSSR count). The lowest BCUT2D eigenvalue weighted by Gasteiger charge is -2.09. The smallest absolute Gasteiger partial charge is 0.263 e. The van der Waals surface area contributed by atoms with Crippen molar-refractivity contribution < 1.29 is 4.79 Å². The molecule has 0 atom stereocenters. The van der Waals surface area contributed by atoms with Crippen LogP contribution in [0.25, 0.3) is 0 Å². The number of benzene rings is 1. The lowest BCUT2D eigenvalue weighted by atomic mass is 10.2. The van der Waals surface area contributed by atoms with Gasteiger partial charge in [-0.2, -0.15) is 0 Å². The van der Waals surface area contributed by atoms with Gasteiger partial charge in [0.25, 0.3) is 11.5 Å². The molecule has 126 valence electrons. The number of amides is 1. The van der Waals surface area contributed by atoms with Crippen molar-refractivity contribution in [2.24, 2.45) is 0 Å². The van der Waals surface area contributed by atoms with Crippen molar-refractivity contribution in [3.8, 4) is 0 Å². The van der Waals surface area contributed by atoms with Crippen LogP contribution in [-0.2, 0) is 6.54 Å². The topological polar surface area (TPSA) is 64.0 Å². The molecule has 2 heterocycles. The lowest BCUT2D eigenvalue weighted by molar-refractivity contribution is 0.102. The molecule has 0 saturated carbocycles. The molecule has 0 fully saturated rings. The number of halogens is 1. The van der Waals surface area contributed by atoms with Crippen LogP contribution in [0, 0.1) is 6.92 Å². The van der Waals surface area contributed by atoms with Crippen LogP contribution >= 0.6 is 11.6 Å². The maximum Gasteiger partial charge on any atom is 0.263 e. The molecule has 0 unspecified atom stereocenters. The van der Waals surface area contributed by atoms with Gasteiger partial charge >= 0.3 is 0 Å². The highest BCUT2D eigenvalue weighted by Crippen LogP contribution is 2.12. The van der Waals surface area contributed by atoms with E-state index >= 15 is 0 Å². The van der Waals surface area contributed by atoms with Gasteiger partial charge in [-0.1, -0.05) is 23.7 Å². The Morgan fingerprint density at radius 1 is 1.20 bits per heavy atom. The third kappa shape index (κ3) is 4.14. The molecule has 0 bridgehead atoms. The fourth-order valence-electron chi connectivity index (χ4n) is 2.45. The molecule has 0 aliphatic carbocycles. The minimum Gasteiger partial charge on any atom is -0.310 e. The molecule has 25 heavy (non-hydrogen) atoms. The molecular formula is C19H16ClN3O2. The second-order valence-corrected chi connectivity index (χ2v) is 6.09. The average molecular weight is 354 g/mol. The summed E-state index contributed by atoms with van der Waals surface area (Å²) in [7, 11) is 0. The Hall–Kier alpha value is -2.92. The molecule has 1 amide bonds. The van der Waals surface area contributed by atoms with E-state index in [0.717, 1.165) is 11.1 Å². The van der Waals surface area contributed by atoms with Crippen LogP contribution in [-0.4, -0.2) is 15.5 Å². The Morgan fingerprint density at radius 3 is 2.80 bits per heavy atom. The Bertz CT molecular complexity index is 982. The highest BCUT2D eigenvalue weighted by molar-refractivity contribution is 6.30. The van der Waals surface area contributed by atoms with E-state index in [-0.39, 0.29) is 11.1 Å². The van der Waals surface area contributed by atoms with Crippen LogP contribution in [0.1, 0.15) is 21.5 Å². The summed E-state index contributed by atoms with van der Waals surface area (Å²) >= 11 is 5.98. The Kier molecular flexibility index (Phi) is 4.95. The Morgan fingerprint density at radius 2 is 2.04 bits per heavy atom. The van der Waals surface area contributed by atoms with Crippen LogP contribution in [0.4, 0.5) is 5.82 Å². The fraction of sp³-hybridized carbons (Fsp3) is 0.105. The number of hydrogen-bond donors (Lipinski definition) is 1. The van der Waals surface area contributed by atoms with Crippen molar-refractivity contribution in [1.82, 2.24) is 9.55 Å². The summed E-state index contributed by atoms with van der Waals surface area (Å²) in [5, 5.41) is 3.26. The van der Waals surface area contributed by atoms with E-state index in [9.17, 15) is 9.59 Å².